The molecule has 2 aromatic carbocycles. The Hall–Kier alpha value is -2.54. The first-order valence-electron chi connectivity index (χ1n) is 7.51. The first-order chi connectivity index (χ1) is 11.7. The number of aromatic amines is 1. The van der Waals surface area contributed by atoms with Crippen LogP contribution in [0.5, 0.6) is 11.5 Å². The number of nitrogens with zero attached hydrogens (tertiary/aromatic N) is 1. The number of benzene rings is 2. The van der Waals surface area contributed by atoms with Crippen LogP contribution in [0.3, 0.4) is 0 Å². The zero-order valence-corrected chi connectivity index (χ0v) is 14.2. The maximum atomic E-state index is 12.3. The maximum absolute atomic E-state index is 12.3. The summed E-state index contributed by atoms with van der Waals surface area (Å²) in [6.07, 6.45) is 0.235. The fourth-order valence-electron chi connectivity index (χ4n) is 2.64. The van der Waals surface area contributed by atoms with Gasteiger partial charge in [0.05, 0.1) is 11.9 Å². The van der Waals surface area contributed by atoms with Gasteiger partial charge in [-0.2, -0.15) is 5.10 Å². The second kappa shape index (κ2) is 6.16. The zero-order chi connectivity index (χ0) is 16.5. The fourth-order valence-corrected chi connectivity index (χ4v) is 3.00. The molecule has 0 bridgehead atoms. The minimum Gasteiger partial charge on any atom is -0.486 e. The van der Waals surface area contributed by atoms with Gasteiger partial charge in [0.1, 0.15) is 13.2 Å². The van der Waals surface area contributed by atoms with Gasteiger partial charge in [0.25, 0.3) is 0 Å². The van der Waals surface area contributed by atoms with Crippen LogP contribution in [-0.2, 0) is 11.2 Å². The second-order valence-electron chi connectivity index (χ2n) is 5.47. The summed E-state index contributed by atoms with van der Waals surface area (Å²) in [5.41, 5.74) is 1.73. The van der Waals surface area contributed by atoms with Crippen molar-refractivity contribution in [1.82, 2.24) is 10.2 Å². The predicted molar refractivity (Wildman–Crippen MR) is 93.6 cm³/mol. The molecule has 24 heavy (non-hydrogen) atoms. The molecule has 0 aliphatic carbocycles. The highest BCUT2D eigenvalue weighted by atomic mass is 79.9. The number of nitrogens with one attached hydrogen (secondary N) is 2. The molecule has 0 atom stereocenters. The number of carbonyl (C=O) groups is 1. The number of hydrogen-bond acceptors (Lipinski definition) is 4. The zero-order valence-electron chi connectivity index (χ0n) is 12.6. The Morgan fingerprint density at radius 1 is 1.17 bits per heavy atom. The van der Waals surface area contributed by atoms with E-state index in [0.29, 0.717) is 30.5 Å². The molecule has 4 rings (SSSR count). The highest BCUT2D eigenvalue weighted by molar-refractivity contribution is 9.10. The Balaban J connectivity index is 1.51. The van der Waals surface area contributed by atoms with Gasteiger partial charge in [-0.3, -0.25) is 9.89 Å². The number of carbonyl (C=O) groups excluding carboxylic acids is 1. The molecular weight excluding hydrogens is 374 g/mol. The molecular formula is C17H14BrN3O3. The Labute approximate surface area is 146 Å². The number of amides is 1. The quantitative estimate of drug-likeness (QED) is 0.722. The summed E-state index contributed by atoms with van der Waals surface area (Å²) in [5, 5.41) is 10.8. The minimum atomic E-state index is -0.139. The molecule has 0 unspecified atom stereocenters. The molecule has 0 radical (unpaired) electrons. The van der Waals surface area contributed by atoms with Gasteiger partial charge >= 0.3 is 0 Å². The number of H-pyrrole nitrogens is 1. The van der Waals surface area contributed by atoms with Crippen LogP contribution in [0.2, 0.25) is 0 Å². The van der Waals surface area contributed by atoms with E-state index in [9.17, 15) is 4.79 Å². The molecule has 1 aromatic heterocycles. The second-order valence-corrected chi connectivity index (χ2v) is 6.38. The van der Waals surface area contributed by atoms with Crippen molar-refractivity contribution in [3.8, 4) is 11.5 Å². The molecule has 1 aliphatic heterocycles. The number of halogens is 1. The summed E-state index contributed by atoms with van der Waals surface area (Å²) in [5.74, 6) is 1.78. The van der Waals surface area contributed by atoms with E-state index in [4.69, 9.17) is 9.47 Å². The number of hydrogen-bond donors (Lipinski definition) is 2. The van der Waals surface area contributed by atoms with Crippen molar-refractivity contribution in [3.63, 3.8) is 0 Å². The summed E-state index contributed by atoms with van der Waals surface area (Å²) >= 11 is 3.43. The largest absolute Gasteiger partial charge is 0.486 e. The lowest BCUT2D eigenvalue weighted by molar-refractivity contribution is -0.115. The summed E-state index contributed by atoms with van der Waals surface area (Å²) in [6.45, 7) is 1.07. The molecule has 2 N–H and O–H groups in total. The van der Waals surface area contributed by atoms with Crippen LogP contribution >= 0.6 is 15.9 Å². The van der Waals surface area contributed by atoms with Crippen molar-refractivity contribution in [2.45, 2.75) is 6.42 Å². The summed E-state index contributed by atoms with van der Waals surface area (Å²) in [6, 6.07) is 11.3. The number of rotatable bonds is 3. The average Bonchev–Trinajstić information content (AvgIpc) is 2.97. The molecule has 3 aromatic rings. The van der Waals surface area contributed by atoms with E-state index < -0.39 is 0 Å². The van der Waals surface area contributed by atoms with Crippen LogP contribution in [0.25, 0.3) is 10.9 Å². The lowest BCUT2D eigenvalue weighted by Gasteiger charge is -2.18. The van der Waals surface area contributed by atoms with Crippen molar-refractivity contribution in [2.24, 2.45) is 0 Å². The summed E-state index contributed by atoms with van der Waals surface area (Å²) in [4.78, 5) is 12.3. The molecule has 0 saturated carbocycles. The molecule has 0 spiro atoms. The lowest BCUT2D eigenvalue weighted by Crippen LogP contribution is -2.17. The Morgan fingerprint density at radius 3 is 2.88 bits per heavy atom. The van der Waals surface area contributed by atoms with Crippen molar-refractivity contribution in [2.75, 3.05) is 18.5 Å². The average molecular weight is 388 g/mol. The smallest absolute Gasteiger partial charge is 0.230 e. The van der Waals surface area contributed by atoms with E-state index in [-0.39, 0.29) is 12.3 Å². The Bertz CT molecular complexity index is 923. The summed E-state index contributed by atoms with van der Waals surface area (Å²) in [7, 11) is 0. The van der Waals surface area contributed by atoms with Gasteiger partial charge in [-0.1, -0.05) is 22.0 Å². The van der Waals surface area contributed by atoms with Gasteiger partial charge in [-0.15, -0.1) is 0 Å². The monoisotopic (exact) mass is 387 g/mol. The van der Waals surface area contributed by atoms with E-state index in [0.717, 1.165) is 20.9 Å². The van der Waals surface area contributed by atoms with Crippen LogP contribution in [0.4, 0.5) is 5.82 Å². The van der Waals surface area contributed by atoms with E-state index in [1.165, 1.54) is 0 Å². The van der Waals surface area contributed by atoms with Crippen molar-refractivity contribution in [1.29, 1.82) is 0 Å². The SMILES string of the molecule is O=C(Cc1ccc2c(c1)OCCO2)Nc1n[nH]c2ccc(Br)cc12. The van der Waals surface area contributed by atoms with Gasteiger partial charge in [-0.05, 0) is 35.9 Å². The number of fused-ring (bicyclic) bond motifs is 2. The van der Waals surface area contributed by atoms with E-state index >= 15 is 0 Å². The van der Waals surface area contributed by atoms with Crippen LogP contribution in [-0.4, -0.2) is 29.3 Å². The molecule has 6 nitrogen and oxygen atoms in total. The molecule has 1 amide bonds. The normalized spacial score (nSPS) is 13.0. The molecule has 1 aliphatic rings. The van der Waals surface area contributed by atoms with Crippen molar-refractivity contribution >= 4 is 38.6 Å². The Morgan fingerprint density at radius 2 is 2.00 bits per heavy atom. The highest BCUT2D eigenvalue weighted by Crippen LogP contribution is 2.31. The fraction of sp³-hybridized carbons (Fsp3) is 0.176. The van der Waals surface area contributed by atoms with Gasteiger partial charge in [0, 0.05) is 9.86 Å². The molecule has 0 saturated heterocycles. The van der Waals surface area contributed by atoms with Gasteiger partial charge in [0.2, 0.25) is 5.91 Å². The van der Waals surface area contributed by atoms with Crippen LogP contribution in [0.15, 0.2) is 40.9 Å². The molecule has 122 valence electrons. The van der Waals surface area contributed by atoms with E-state index in [1.807, 2.05) is 36.4 Å². The van der Waals surface area contributed by atoms with E-state index in [1.54, 1.807) is 0 Å². The third kappa shape index (κ3) is 2.94. The van der Waals surface area contributed by atoms with Gasteiger partial charge in [0.15, 0.2) is 17.3 Å². The number of ether oxygens (including phenoxy) is 2. The molecule has 2 heterocycles. The number of anilines is 1. The van der Waals surface area contributed by atoms with Crippen molar-refractivity contribution in [3.05, 3.63) is 46.4 Å². The summed E-state index contributed by atoms with van der Waals surface area (Å²) < 4.78 is 12.0. The molecule has 0 fully saturated rings. The Kier molecular flexibility index (Phi) is 3.86. The molecule has 7 heteroatoms. The van der Waals surface area contributed by atoms with Crippen molar-refractivity contribution < 1.29 is 14.3 Å². The van der Waals surface area contributed by atoms with E-state index in [2.05, 4.69) is 31.4 Å². The third-order valence-electron chi connectivity index (χ3n) is 3.75. The van der Waals surface area contributed by atoms with Crippen LogP contribution in [0.1, 0.15) is 5.56 Å². The highest BCUT2D eigenvalue weighted by Gasteiger charge is 2.14. The number of aromatic nitrogens is 2. The minimum absolute atomic E-state index is 0.139. The first kappa shape index (κ1) is 15.0. The van der Waals surface area contributed by atoms with Gasteiger partial charge < -0.3 is 14.8 Å². The predicted octanol–water partition coefficient (Wildman–Crippen LogP) is 3.28. The lowest BCUT2D eigenvalue weighted by atomic mass is 10.1. The van der Waals surface area contributed by atoms with Gasteiger partial charge in [-0.25, -0.2) is 0 Å². The first-order valence-corrected chi connectivity index (χ1v) is 8.30. The third-order valence-corrected chi connectivity index (χ3v) is 4.25. The standard InChI is InChI=1S/C17H14BrN3O3/c18-11-2-3-13-12(9-11)17(21-20-13)19-16(22)8-10-1-4-14-15(7-10)24-6-5-23-14/h1-4,7,9H,5-6,8H2,(H2,19,20,21,22). The topological polar surface area (TPSA) is 76.2 Å². The van der Waals surface area contributed by atoms with Crippen LogP contribution in [0, 0.1) is 0 Å². The maximum Gasteiger partial charge on any atom is 0.230 e. The van der Waals surface area contributed by atoms with Crippen LogP contribution < -0.4 is 14.8 Å².